The minimum atomic E-state index is -0.877. The quantitative estimate of drug-likeness (QED) is 0.0848. The van der Waals surface area contributed by atoms with Gasteiger partial charge < -0.3 is 0 Å². The van der Waals surface area contributed by atoms with Crippen molar-refractivity contribution in [1.82, 2.24) is 0 Å². The minimum absolute atomic E-state index is 0. The van der Waals surface area contributed by atoms with Gasteiger partial charge in [0.2, 0.25) is 0 Å². The fourth-order valence-corrected chi connectivity index (χ4v) is 7.47. The predicted octanol–water partition coefficient (Wildman–Crippen LogP) is 6.86. The maximum atomic E-state index is 7.50. The largest absolute Gasteiger partial charge is 2.00 e. The Morgan fingerprint density at radius 2 is 0.700 bits per heavy atom. The van der Waals surface area contributed by atoms with Crippen LogP contribution in [0.15, 0.2) is 182 Å². The molecule has 0 bridgehead atoms. The second-order valence-electron chi connectivity index (χ2n) is 8.29. The predicted molar refractivity (Wildman–Crippen MR) is 173 cm³/mol. The average molecular weight is 644 g/mol. The van der Waals surface area contributed by atoms with Crippen LogP contribution in [0.25, 0.3) is 0 Å². The van der Waals surface area contributed by atoms with Crippen molar-refractivity contribution in [2.24, 2.45) is 0 Å². The van der Waals surface area contributed by atoms with E-state index in [-0.39, 0.29) is 19.5 Å². The van der Waals surface area contributed by atoms with Gasteiger partial charge in [-0.3, -0.25) is 0 Å². The van der Waals surface area contributed by atoms with Gasteiger partial charge >= 0.3 is 30.8 Å². The van der Waals surface area contributed by atoms with Gasteiger partial charge in [0, 0.05) is 0 Å². The first-order valence-corrected chi connectivity index (χ1v) is 15.2. The Kier molecular flexibility index (Phi) is 16.9. The van der Waals surface area contributed by atoms with Crippen LogP contribution in [0.4, 0.5) is 0 Å². The van der Waals surface area contributed by atoms with Gasteiger partial charge in [-0.15, -0.1) is 0 Å². The van der Waals surface area contributed by atoms with Gasteiger partial charge in [0.05, 0.1) is 7.92 Å². The molecule has 0 spiro atoms. The first-order chi connectivity index (χ1) is 19.4. The molecule has 6 aromatic carbocycles. The third-order valence-electron chi connectivity index (χ3n) is 5.58. The summed E-state index contributed by atoms with van der Waals surface area (Å²) in [5.74, 6) is 0. The molecule has 40 heavy (non-hydrogen) atoms. The molecule has 0 amide bonds. The van der Waals surface area contributed by atoms with E-state index in [2.05, 4.69) is 158 Å². The van der Waals surface area contributed by atoms with Crippen molar-refractivity contribution in [3.63, 3.8) is 0 Å². The molecule has 6 rings (SSSR count). The molecule has 0 atom stereocenters. The Hall–Kier alpha value is -3.33. The molecule has 0 fully saturated rings. The van der Waals surface area contributed by atoms with E-state index < -0.39 is 7.92 Å². The summed E-state index contributed by atoms with van der Waals surface area (Å²) in [7, 11) is -0.101. The van der Waals surface area contributed by atoms with E-state index in [9.17, 15) is 0 Å². The Morgan fingerprint density at radius 3 is 0.950 bits per heavy atom. The van der Waals surface area contributed by atoms with Crippen LogP contribution in [0, 0.1) is 6.65 Å². The van der Waals surface area contributed by atoms with Crippen LogP contribution in [-0.4, -0.2) is 0 Å². The number of hydrogen-bond acceptors (Lipinski definition) is 0. The van der Waals surface area contributed by atoms with Crippen LogP contribution in [-0.2, 0) is 24.1 Å². The Balaban J connectivity index is 0.000000231. The van der Waals surface area contributed by atoms with E-state index in [1.165, 1.54) is 26.5 Å². The zero-order valence-corrected chi connectivity index (χ0v) is 25.8. The molecule has 0 heterocycles. The van der Waals surface area contributed by atoms with Crippen molar-refractivity contribution >= 4 is 43.0 Å². The molecule has 4 heteroatoms. The van der Waals surface area contributed by atoms with E-state index in [1.54, 1.807) is 0 Å². The average Bonchev–Trinajstić information content (AvgIpc) is 3.62. The number of rotatable bonds is 5. The Labute approximate surface area is 254 Å². The van der Waals surface area contributed by atoms with Crippen LogP contribution < -0.4 is 26.5 Å². The molecule has 6 aromatic rings. The Morgan fingerprint density at radius 1 is 0.425 bits per heavy atom. The van der Waals surface area contributed by atoms with E-state index in [4.69, 9.17) is 4.65 Å². The van der Waals surface area contributed by atoms with E-state index >= 15 is 0 Å². The van der Waals surface area contributed by atoms with Crippen LogP contribution in [0.1, 0.15) is 0 Å². The van der Waals surface area contributed by atoms with Crippen molar-refractivity contribution in [2.75, 3.05) is 0 Å². The molecule has 0 aliphatic rings. The van der Waals surface area contributed by atoms with Crippen molar-refractivity contribution in [1.29, 1.82) is 0 Å². The molecule has 0 aromatic heterocycles. The molecule has 0 aliphatic carbocycles. The fraction of sp³-hybridized carbons (Fsp3) is 0. The van der Waals surface area contributed by atoms with E-state index in [0.717, 1.165) is 8.58 Å². The zero-order chi connectivity index (χ0) is 27.4. The third-order valence-corrected chi connectivity index (χ3v) is 9.56. The van der Waals surface area contributed by atoms with Crippen LogP contribution in [0.2, 0.25) is 0 Å². The summed E-state index contributed by atoms with van der Waals surface area (Å²) >= 11 is 0. The van der Waals surface area contributed by atoms with Crippen LogP contribution in [0.5, 0.6) is 0 Å². The van der Waals surface area contributed by atoms with Gasteiger partial charge in [-0.25, -0.2) is 12.1 Å². The third kappa shape index (κ3) is 11.8. The minimum Gasteiger partial charge on any atom is -0.214 e. The molecule has 0 saturated heterocycles. The number of hydrogen-bond donors (Lipinski definition) is 0. The van der Waals surface area contributed by atoms with Crippen molar-refractivity contribution < 1.29 is 24.1 Å². The molecule has 0 unspecified atom stereocenters. The molecule has 1 nitrogen and oxygen atoms in total. The zero-order valence-electron chi connectivity index (χ0n) is 22.1. The van der Waals surface area contributed by atoms with Gasteiger partial charge in [-0.05, 0) is 47.0 Å². The summed E-state index contributed by atoms with van der Waals surface area (Å²) in [4.78, 5) is 0. The van der Waals surface area contributed by atoms with E-state index in [0.29, 0.717) is 0 Å². The molecule has 198 valence electrons. The maximum absolute atomic E-state index is 7.50. The molecular formula is C36H32OP2Ru+2. The van der Waals surface area contributed by atoms with E-state index in [1.807, 2.05) is 30.3 Å². The second kappa shape index (κ2) is 20.6. The van der Waals surface area contributed by atoms with Gasteiger partial charge in [0.15, 0.2) is 0 Å². The van der Waals surface area contributed by atoms with Crippen molar-refractivity contribution in [3.8, 4) is 0 Å². The Bertz CT molecular complexity index is 1260. The summed E-state index contributed by atoms with van der Waals surface area (Å²) in [6.07, 6.45) is 0. The molecular weight excluding hydrogens is 611 g/mol. The normalized spacial score (nSPS) is 9.28. The molecule has 0 N–H and O–H groups in total. The molecule has 0 saturated carbocycles. The summed E-state index contributed by atoms with van der Waals surface area (Å²) in [5.41, 5.74) is 0. The summed E-state index contributed by atoms with van der Waals surface area (Å²) in [6, 6.07) is 63.6. The maximum Gasteiger partial charge on any atom is 2.00 e. The van der Waals surface area contributed by atoms with Crippen molar-refractivity contribution in [2.45, 2.75) is 0 Å². The topological polar surface area (TPSA) is 19.9 Å². The number of benzene rings is 5. The van der Waals surface area contributed by atoms with Gasteiger partial charge in [-0.1, -0.05) is 124 Å². The molecule has 0 radical (unpaired) electrons. The van der Waals surface area contributed by atoms with Gasteiger partial charge in [0.25, 0.3) is 0 Å². The monoisotopic (exact) mass is 644 g/mol. The standard InChI is InChI=1S/C18H15P.C12H11P.C5H5.CO.Ru/c1-4-10-16(11-5-1)19(17-12-6-2-7-13-17)18-14-8-3-9-15-18;1-3-7-11(8-4-1)13-12-9-5-2-6-10-12;1-2-4-5-3-1;1-2;/h1-15H;1-10,13H;1-5H;;/q;;-1;;+2/p+1. The summed E-state index contributed by atoms with van der Waals surface area (Å²) in [6.45, 7) is 4.50. The molecule has 0 aliphatic heterocycles. The van der Waals surface area contributed by atoms with Crippen LogP contribution >= 0.6 is 16.5 Å². The van der Waals surface area contributed by atoms with Gasteiger partial charge in [-0.2, -0.15) is 18.2 Å². The first kappa shape index (κ1) is 32.9. The smallest absolute Gasteiger partial charge is 0.214 e. The second-order valence-corrected chi connectivity index (χ2v) is 12.2. The summed E-state index contributed by atoms with van der Waals surface area (Å²) < 4.78 is 7.50. The van der Waals surface area contributed by atoms with Gasteiger partial charge in [0.1, 0.15) is 15.9 Å². The fourth-order valence-electron chi connectivity index (χ4n) is 3.84. The first-order valence-electron chi connectivity index (χ1n) is 12.7. The summed E-state index contributed by atoms with van der Waals surface area (Å²) in [5, 5.41) is 7.10. The van der Waals surface area contributed by atoms with Crippen molar-refractivity contribution in [3.05, 3.63) is 189 Å². The SMILES string of the molecule is [C-]#[O+].[Ru+2].c1cc[cH-]c1.c1ccc(Pc2ccccc2)cc1.c1ccc([PH+](c2ccccc2)c2ccccc2)cc1. The van der Waals surface area contributed by atoms with Crippen LogP contribution in [0.3, 0.4) is 0 Å².